The number of alkyl halides is 3. The number of carbonyl (C=O) groups is 1. The average molecular weight is 310 g/mol. The van der Waals surface area contributed by atoms with Gasteiger partial charge in [0.2, 0.25) is 0 Å². The van der Waals surface area contributed by atoms with Gasteiger partial charge in [0.15, 0.2) is 0 Å². The highest BCUT2D eigenvalue weighted by molar-refractivity contribution is 9.10. The summed E-state index contributed by atoms with van der Waals surface area (Å²) in [6.45, 7) is 2.04. The van der Waals surface area contributed by atoms with Crippen LogP contribution in [0.15, 0.2) is 16.6 Å². The first-order valence-electron chi connectivity index (χ1n) is 4.82. The quantitative estimate of drug-likeness (QED) is 0.892. The molecule has 1 aromatic carbocycles. The van der Waals surface area contributed by atoms with Gasteiger partial charge in [-0.2, -0.15) is 13.2 Å². The first-order valence-corrected chi connectivity index (χ1v) is 5.61. The zero-order valence-corrected chi connectivity index (χ0v) is 10.9. The second-order valence-corrected chi connectivity index (χ2v) is 4.63. The molecule has 94 valence electrons. The highest BCUT2D eigenvalue weighted by Gasteiger charge is 2.28. The number of hydrogen-bond donors (Lipinski definition) is 1. The van der Waals surface area contributed by atoms with Crippen molar-refractivity contribution in [3.63, 3.8) is 0 Å². The van der Waals surface area contributed by atoms with Crippen LogP contribution in [0.1, 0.15) is 21.5 Å². The normalized spacial score (nSPS) is 11.4. The number of halogens is 4. The zero-order valence-electron chi connectivity index (χ0n) is 9.28. The van der Waals surface area contributed by atoms with E-state index in [1.165, 1.54) is 0 Å². The molecule has 0 radical (unpaired) electrons. The van der Waals surface area contributed by atoms with E-state index in [1.807, 2.05) is 5.32 Å². The SMILES string of the molecule is Cc1cc(Br)cc(C)c1C(=O)NCC(F)(F)F. The third kappa shape index (κ3) is 4.03. The van der Waals surface area contributed by atoms with E-state index in [1.54, 1.807) is 26.0 Å². The summed E-state index contributed by atoms with van der Waals surface area (Å²) in [5.74, 6) is -0.704. The highest BCUT2D eigenvalue weighted by Crippen LogP contribution is 2.21. The van der Waals surface area contributed by atoms with E-state index in [4.69, 9.17) is 0 Å². The van der Waals surface area contributed by atoms with Gasteiger partial charge in [-0.25, -0.2) is 0 Å². The molecule has 0 aliphatic rings. The number of rotatable bonds is 2. The summed E-state index contributed by atoms with van der Waals surface area (Å²) in [4.78, 5) is 11.6. The minimum atomic E-state index is -4.40. The predicted molar refractivity (Wildman–Crippen MR) is 62.0 cm³/mol. The molecule has 0 atom stereocenters. The number of hydrogen-bond acceptors (Lipinski definition) is 1. The van der Waals surface area contributed by atoms with E-state index in [2.05, 4.69) is 15.9 Å². The zero-order chi connectivity index (χ0) is 13.2. The van der Waals surface area contributed by atoms with Gasteiger partial charge >= 0.3 is 6.18 Å². The molecule has 0 heterocycles. The summed E-state index contributed by atoms with van der Waals surface area (Å²) in [5, 5.41) is 1.86. The number of amides is 1. The van der Waals surface area contributed by atoms with Crippen molar-refractivity contribution in [3.05, 3.63) is 33.3 Å². The van der Waals surface area contributed by atoms with Crippen LogP contribution in [0, 0.1) is 13.8 Å². The van der Waals surface area contributed by atoms with Crippen molar-refractivity contribution < 1.29 is 18.0 Å². The van der Waals surface area contributed by atoms with Gasteiger partial charge in [0, 0.05) is 10.0 Å². The van der Waals surface area contributed by atoms with Gasteiger partial charge in [-0.1, -0.05) is 15.9 Å². The van der Waals surface area contributed by atoms with Gasteiger partial charge in [-0.05, 0) is 37.1 Å². The Balaban J connectivity index is 2.90. The smallest absolute Gasteiger partial charge is 0.343 e. The Hall–Kier alpha value is -1.04. The van der Waals surface area contributed by atoms with E-state index < -0.39 is 18.6 Å². The lowest BCUT2D eigenvalue weighted by atomic mass is 10.0. The maximum absolute atomic E-state index is 12.0. The molecule has 0 fully saturated rings. The Kier molecular flexibility index (Phi) is 4.19. The molecular weight excluding hydrogens is 299 g/mol. The summed E-state index contributed by atoms with van der Waals surface area (Å²) in [5.41, 5.74) is 1.56. The van der Waals surface area contributed by atoms with Crippen LogP contribution >= 0.6 is 15.9 Å². The summed E-state index contributed by atoms with van der Waals surface area (Å²) < 4.78 is 36.7. The Morgan fingerprint density at radius 3 is 2.18 bits per heavy atom. The van der Waals surface area contributed by atoms with Crippen LogP contribution in [0.5, 0.6) is 0 Å². The largest absolute Gasteiger partial charge is 0.405 e. The summed E-state index contributed by atoms with van der Waals surface area (Å²) in [7, 11) is 0. The second-order valence-electron chi connectivity index (χ2n) is 3.71. The van der Waals surface area contributed by atoms with Crippen LogP contribution in [0.4, 0.5) is 13.2 Å². The lowest BCUT2D eigenvalue weighted by molar-refractivity contribution is -0.123. The minimum Gasteiger partial charge on any atom is -0.343 e. The van der Waals surface area contributed by atoms with Crippen LogP contribution in [0.3, 0.4) is 0 Å². The Bertz CT molecular complexity index is 420. The monoisotopic (exact) mass is 309 g/mol. The molecule has 0 aromatic heterocycles. The van der Waals surface area contributed by atoms with Gasteiger partial charge in [-0.15, -0.1) is 0 Å². The minimum absolute atomic E-state index is 0.289. The number of benzene rings is 1. The van der Waals surface area contributed by atoms with Crippen molar-refractivity contribution in [2.24, 2.45) is 0 Å². The fraction of sp³-hybridized carbons (Fsp3) is 0.364. The molecule has 0 aliphatic carbocycles. The Morgan fingerprint density at radius 2 is 1.76 bits per heavy atom. The topological polar surface area (TPSA) is 29.1 Å². The van der Waals surface area contributed by atoms with E-state index >= 15 is 0 Å². The predicted octanol–water partition coefficient (Wildman–Crippen LogP) is 3.36. The third-order valence-corrected chi connectivity index (χ3v) is 2.63. The van der Waals surface area contributed by atoms with Crippen molar-refractivity contribution in [2.45, 2.75) is 20.0 Å². The Morgan fingerprint density at radius 1 is 1.29 bits per heavy atom. The maximum Gasteiger partial charge on any atom is 0.405 e. The van der Waals surface area contributed by atoms with Crippen molar-refractivity contribution in [3.8, 4) is 0 Å². The van der Waals surface area contributed by atoms with Crippen molar-refractivity contribution in [2.75, 3.05) is 6.54 Å². The molecule has 1 amide bonds. The molecule has 2 nitrogen and oxygen atoms in total. The van der Waals surface area contributed by atoms with Crippen LogP contribution in [0.25, 0.3) is 0 Å². The molecule has 1 aromatic rings. The maximum atomic E-state index is 12.0. The number of nitrogens with one attached hydrogen (secondary N) is 1. The first kappa shape index (κ1) is 14.0. The van der Waals surface area contributed by atoms with Gasteiger partial charge in [0.1, 0.15) is 6.54 Å². The number of carbonyl (C=O) groups excluding carboxylic acids is 1. The van der Waals surface area contributed by atoms with Crippen molar-refractivity contribution >= 4 is 21.8 Å². The standard InChI is InChI=1S/C11H11BrF3NO/c1-6-3-8(12)4-7(2)9(6)10(17)16-5-11(13,14)15/h3-4H,5H2,1-2H3,(H,16,17). The summed E-state index contributed by atoms with van der Waals surface area (Å²) in [6, 6.07) is 3.38. The van der Waals surface area contributed by atoms with Crippen LogP contribution in [-0.2, 0) is 0 Å². The second kappa shape index (κ2) is 5.08. The summed E-state index contributed by atoms with van der Waals surface area (Å²) in [6.07, 6.45) is -4.40. The van der Waals surface area contributed by atoms with Gasteiger partial charge < -0.3 is 5.32 Å². The molecule has 0 saturated heterocycles. The lowest BCUT2D eigenvalue weighted by Gasteiger charge is -2.12. The Labute approximate surface area is 105 Å². The molecule has 6 heteroatoms. The van der Waals surface area contributed by atoms with Crippen LogP contribution in [-0.4, -0.2) is 18.6 Å². The fourth-order valence-corrected chi connectivity index (χ4v) is 2.22. The van der Waals surface area contributed by atoms with Gasteiger partial charge in [0.05, 0.1) is 0 Å². The van der Waals surface area contributed by atoms with E-state index in [0.29, 0.717) is 11.1 Å². The number of aryl methyl sites for hydroxylation is 2. The molecule has 0 bridgehead atoms. The highest BCUT2D eigenvalue weighted by atomic mass is 79.9. The van der Waals surface area contributed by atoms with Crippen LogP contribution < -0.4 is 5.32 Å². The molecule has 0 aliphatic heterocycles. The third-order valence-electron chi connectivity index (χ3n) is 2.17. The molecule has 17 heavy (non-hydrogen) atoms. The average Bonchev–Trinajstić information content (AvgIpc) is 2.11. The van der Waals surface area contributed by atoms with Crippen LogP contribution in [0.2, 0.25) is 0 Å². The molecule has 1 rings (SSSR count). The molecule has 0 saturated carbocycles. The molecule has 0 spiro atoms. The fourth-order valence-electron chi connectivity index (χ4n) is 1.54. The molecule has 1 N–H and O–H groups in total. The molecular formula is C11H11BrF3NO. The molecule has 0 unspecified atom stereocenters. The van der Waals surface area contributed by atoms with Crippen molar-refractivity contribution in [1.29, 1.82) is 0 Å². The van der Waals surface area contributed by atoms with Gasteiger partial charge in [0.25, 0.3) is 5.91 Å². The van der Waals surface area contributed by atoms with E-state index in [9.17, 15) is 18.0 Å². The van der Waals surface area contributed by atoms with E-state index in [0.717, 1.165) is 4.47 Å². The van der Waals surface area contributed by atoms with Gasteiger partial charge in [-0.3, -0.25) is 4.79 Å². The van der Waals surface area contributed by atoms with Crippen molar-refractivity contribution in [1.82, 2.24) is 5.32 Å². The first-order chi connectivity index (χ1) is 7.70. The summed E-state index contributed by atoms with van der Waals surface area (Å²) >= 11 is 3.26. The lowest BCUT2D eigenvalue weighted by Crippen LogP contribution is -2.34. The van der Waals surface area contributed by atoms with E-state index in [-0.39, 0.29) is 5.56 Å².